The highest BCUT2D eigenvalue weighted by Crippen LogP contribution is 2.27. The van der Waals surface area contributed by atoms with E-state index in [-0.39, 0.29) is 16.5 Å². The quantitative estimate of drug-likeness (QED) is 0.488. The highest BCUT2D eigenvalue weighted by Gasteiger charge is 2.23. The van der Waals surface area contributed by atoms with Crippen LogP contribution < -0.4 is 0 Å². The fraction of sp³-hybridized carbons (Fsp3) is 0.455. The van der Waals surface area contributed by atoms with Gasteiger partial charge in [0.05, 0.1) is 18.2 Å². The minimum Gasteiger partial charge on any atom is -0.379 e. The van der Waals surface area contributed by atoms with Gasteiger partial charge in [-0.1, -0.05) is 43.5 Å². The van der Waals surface area contributed by atoms with Crippen molar-refractivity contribution in [3.8, 4) is 0 Å². The Morgan fingerprint density at radius 1 is 1.37 bits per heavy atom. The zero-order valence-electron chi connectivity index (χ0n) is 10.3. The third-order valence-electron chi connectivity index (χ3n) is 2.35. The Kier molecular flexibility index (Phi) is 7.28. The number of benzene rings is 1. The minimum absolute atomic E-state index is 0.0976. The molecule has 0 amide bonds. The molecular formula is C11H14Br2ClNO3S. The predicted molar refractivity (Wildman–Crippen MR) is 83.6 cm³/mol. The first-order valence-corrected chi connectivity index (χ1v) is 9.18. The second-order valence-corrected chi connectivity index (χ2v) is 7.83. The summed E-state index contributed by atoms with van der Waals surface area (Å²) in [6.45, 7) is 1.17. The molecule has 0 unspecified atom stereocenters. The number of halogens is 3. The average Bonchev–Trinajstić information content (AvgIpc) is 2.33. The van der Waals surface area contributed by atoms with Crippen molar-refractivity contribution in [1.82, 2.24) is 4.31 Å². The summed E-state index contributed by atoms with van der Waals surface area (Å²) in [5.74, 6) is 0. The summed E-state index contributed by atoms with van der Waals surface area (Å²) in [5, 5.41) is 0.921. The predicted octanol–water partition coefficient (Wildman–Crippen LogP) is 3.13. The van der Waals surface area contributed by atoms with Gasteiger partial charge in [-0.25, -0.2) is 8.42 Å². The summed E-state index contributed by atoms with van der Waals surface area (Å²) >= 11 is 12.4. The summed E-state index contributed by atoms with van der Waals surface area (Å²) in [6.07, 6.45) is 0. The van der Waals surface area contributed by atoms with Gasteiger partial charge >= 0.3 is 0 Å². The molecule has 0 aliphatic rings. The first-order chi connectivity index (χ1) is 8.89. The molecule has 1 rings (SSSR count). The Bertz CT molecular complexity index is 525. The van der Waals surface area contributed by atoms with Crippen LogP contribution >= 0.6 is 43.5 Å². The monoisotopic (exact) mass is 433 g/mol. The van der Waals surface area contributed by atoms with Gasteiger partial charge in [0.25, 0.3) is 0 Å². The lowest BCUT2D eigenvalue weighted by Crippen LogP contribution is -2.30. The third-order valence-corrected chi connectivity index (χ3v) is 5.51. The van der Waals surface area contributed by atoms with Crippen LogP contribution in [-0.2, 0) is 14.8 Å². The van der Waals surface area contributed by atoms with E-state index in [1.54, 1.807) is 12.1 Å². The van der Waals surface area contributed by atoms with Crippen molar-refractivity contribution in [3.05, 3.63) is 27.7 Å². The number of ether oxygens (including phenoxy) is 1. The average molecular weight is 436 g/mol. The highest BCUT2D eigenvalue weighted by molar-refractivity contribution is 9.10. The maximum Gasteiger partial charge on any atom is 0.244 e. The molecule has 0 aromatic heterocycles. The lowest BCUT2D eigenvalue weighted by Gasteiger charge is -2.18. The molecule has 0 bridgehead atoms. The van der Waals surface area contributed by atoms with E-state index in [0.717, 1.165) is 9.80 Å². The molecule has 0 aliphatic carbocycles. The van der Waals surface area contributed by atoms with E-state index in [1.165, 1.54) is 17.4 Å². The zero-order chi connectivity index (χ0) is 14.5. The highest BCUT2D eigenvalue weighted by atomic mass is 79.9. The van der Waals surface area contributed by atoms with Gasteiger partial charge in [0.1, 0.15) is 4.90 Å². The van der Waals surface area contributed by atoms with Gasteiger partial charge in [-0.3, -0.25) is 0 Å². The standard InChI is InChI=1S/C11H14Br2ClNO3S/c1-15(5-7-18-6-4-12)19(16,17)11-3-2-9(13)8-10(11)14/h2-3,8H,4-7H2,1H3. The fourth-order valence-electron chi connectivity index (χ4n) is 1.32. The van der Waals surface area contributed by atoms with Crippen LogP contribution in [0.4, 0.5) is 0 Å². The van der Waals surface area contributed by atoms with Crippen LogP contribution in [0, 0.1) is 0 Å². The van der Waals surface area contributed by atoms with Crippen molar-refractivity contribution in [1.29, 1.82) is 0 Å². The number of nitrogens with zero attached hydrogens (tertiary/aromatic N) is 1. The van der Waals surface area contributed by atoms with Crippen molar-refractivity contribution in [2.75, 3.05) is 32.1 Å². The lowest BCUT2D eigenvalue weighted by molar-refractivity contribution is 0.141. The summed E-state index contributed by atoms with van der Waals surface area (Å²) in [4.78, 5) is 0.0976. The number of hydrogen-bond acceptors (Lipinski definition) is 3. The maximum absolute atomic E-state index is 12.3. The Morgan fingerprint density at radius 2 is 2.05 bits per heavy atom. The number of alkyl halides is 1. The van der Waals surface area contributed by atoms with Gasteiger partial charge in [-0.05, 0) is 18.2 Å². The van der Waals surface area contributed by atoms with Gasteiger partial charge in [0, 0.05) is 23.4 Å². The Labute approximate surface area is 135 Å². The molecule has 8 heteroatoms. The molecule has 0 saturated carbocycles. The van der Waals surface area contributed by atoms with Gasteiger partial charge in [0.2, 0.25) is 10.0 Å². The SMILES string of the molecule is CN(CCOCCBr)S(=O)(=O)c1ccc(Br)cc1Cl. The lowest BCUT2D eigenvalue weighted by atomic mass is 10.4. The van der Waals surface area contributed by atoms with Crippen molar-refractivity contribution < 1.29 is 13.2 Å². The van der Waals surface area contributed by atoms with E-state index in [2.05, 4.69) is 31.9 Å². The van der Waals surface area contributed by atoms with Crippen LogP contribution in [0.15, 0.2) is 27.6 Å². The molecule has 0 aliphatic heterocycles. The molecule has 0 N–H and O–H groups in total. The summed E-state index contributed by atoms with van der Waals surface area (Å²) < 4.78 is 31.8. The fourth-order valence-corrected chi connectivity index (χ4v) is 3.71. The Hall–Kier alpha value is 0.340. The van der Waals surface area contributed by atoms with Gasteiger partial charge in [-0.15, -0.1) is 0 Å². The topological polar surface area (TPSA) is 46.6 Å². The molecular weight excluding hydrogens is 421 g/mol. The van der Waals surface area contributed by atoms with E-state index in [1.807, 2.05) is 0 Å². The van der Waals surface area contributed by atoms with Crippen LogP contribution in [0.25, 0.3) is 0 Å². The molecule has 108 valence electrons. The number of likely N-dealkylation sites (N-methyl/N-ethyl adjacent to an activating group) is 1. The van der Waals surface area contributed by atoms with E-state index < -0.39 is 10.0 Å². The van der Waals surface area contributed by atoms with Gasteiger partial charge in [-0.2, -0.15) is 4.31 Å². The molecule has 0 spiro atoms. The van der Waals surface area contributed by atoms with Crippen LogP contribution in [0.2, 0.25) is 5.02 Å². The van der Waals surface area contributed by atoms with Crippen LogP contribution in [0.1, 0.15) is 0 Å². The molecule has 0 atom stereocenters. The van der Waals surface area contributed by atoms with E-state index >= 15 is 0 Å². The van der Waals surface area contributed by atoms with Gasteiger partial charge < -0.3 is 4.74 Å². The second kappa shape index (κ2) is 7.95. The van der Waals surface area contributed by atoms with Crippen LogP contribution in [0.3, 0.4) is 0 Å². The molecule has 0 saturated heterocycles. The number of sulfonamides is 1. The zero-order valence-corrected chi connectivity index (χ0v) is 15.0. The third kappa shape index (κ3) is 4.99. The van der Waals surface area contributed by atoms with Crippen molar-refractivity contribution in [2.45, 2.75) is 4.90 Å². The second-order valence-electron chi connectivity index (χ2n) is 3.70. The molecule has 0 radical (unpaired) electrons. The van der Waals surface area contributed by atoms with E-state index in [0.29, 0.717) is 13.2 Å². The van der Waals surface area contributed by atoms with Crippen molar-refractivity contribution in [2.24, 2.45) is 0 Å². The molecule has 0 fully saturated rings. The minimum atomic E-state index is -3.58. The van der Waals surface area contributed by atoms with Crippen LogP contribution in [0.5, 0.6) is 0 Å². The molecule has 4 nitrogen and oxygen atoms in total. The summed E-state index contributed by atoms with van der Waals surface area (Å²) in [5.41, 5.74) is 0. The number of rotatable bonds is 7. The summed E-state index contributed by atoms with van der Waals surface area (Å²) in [7, 11) is -2.08. The molecule has 1 aromatic rings. The maximum atomic E-state index is 12.3. The van der Waals surface area contributed by atoms with Crippen molar-refractivity contribution in [3.63, 3.8) is 0 Å². The first-order valence-electron chi connectivity index (χ1n) is 5.44. The number of hydrogen-bond donors (Lipinski definition) is 0. The smallest absolute Gasteiger partial charge is 0.244 e. The molecule has 1 aromatic carbocycles. The van der Waals surface area contributed by atoms with E-state index in [9.17, 15) is 8.42 Å². The van der Waals surface area contributed by atoms with Crippen LogP contribution in [-0.4, -0.2) is 44.9 Å². The van der Waals surface area contributed by atoms with Crippen molar-refractivity contribution >= 4 is 53.5 Å². The van der Waals surface area contributed by atoms with E-state index in [4.69, 9.17) is 16.3 Å². The molecule has 19 heavy (non-hydrogen) atoms. The first kappa shape index (κ1) is 17.4. The summed E-state index contributed by atoms with van der Waals surface area (Å²) in [6, 6.07) is 4.69. The van der Waals surface area contributed by atoms with Gasteiger partial charge in [0.15, 0.2) is 0 Å². The molecule has 0 heterocycles. The largest absolute Gasteiger partial charge is 0.379 e. The normalized spacial score (nSPS) is 12.1. The Morgan fingerprint density at radius 3 is 2.63 bits per heavy atom. The Balaban J connectivity index is 2.79.